The smallest absolute Gasteiger partial charge is 0.306 e. The molecule has 2 rings (SSSR count). The summed E-state index contributed by atoms with van der Waals surface area (Å²) in [6, 6.07) is 6.82. The standard InChI is InChI=1S/C15H18N2O3/c1-16-14(15(18)17-7-9-20-10-8-17)11-12-3-5-13(19-2)6-4-12/h3-6,14H,7-11H2,2H3. The maximum absolute atomic E-state index is 12.3. The molecular formula is C15H18N2O3. The van der Waals surface area contributed by atoms with E-state index in [2.05, 4.69) is 4.85 Å². The molecule has 1 fully saturated rings. The van der Waals surface area contributed by atoms with Gasteiger partial charge in [-0.2, -0.15) is 0 Å². The summed E-state index contributed by atoms with van der Waals surface area (Å²) in [7, 11) is 1.61. The molecule has 0 radical (unpaired) electrons. The quantitative estimate of drug-likeness (QED) is 0.779. The van der Waals surface area contributed by atoms with Gasteiger partial charge in [-0.1, -0.05) is 12.1 Å². The number of morpholine rings is 1. The minimum Gasteiger partial charge on any atom is -0.497 e. The minimum atomic E-state index is -0.651. The first-order chi connectivity index (χ1) is 9.74. The third-order valence-corrected chi connectivity index (χ3v) is 3.35. The van der Waals surface area contributed by atoms with Crippen LogP contribution in [0.3, 0.4) is 0 Å². The molecule has 0 bridgehead atoms. The largest absolute Gasteiger partial charge is 0.497 e. The normalized spacial score (nSPS) is 16.3. The molecule has 0 aromatic heterocycles. The van der Waals surface area contributed by atoms with Crippen molar-refractivity contribution in [2.45, 2.75) is 12.5 Å². The van der Waals surface area contributed by atoms with Gasteiger partial charge in [-0.3, -0.25) is 4.79 Å². The van der Waals surface area contributed by atoms with Crippen LogP contribution in [-0.2, 0) is 16.0 Å². The zero-order valence-corrected chi connectivity index (χ0v) is 11.5. The van der Waals surface area contributed by atoms with E-state index >= 15 is 0 Å². The number of methoxy groups -OCH3 is 1. The van der Waals surface area contributed by atoms with E-state index < -0.39 is 6.04 Å². The fourth-order valence-corrected chi connectivity index (χ4v) is 2.17. The summed E-state index contributed by atoms with van der Waals surface area (Å²) in [5.41, 5.74) is 0.966. The molecular weight excluding hydrogens is 256 g/mol. The molecule has 20 heavy (non-hydrogen) atoms. The third-order valence-electron chi connectivity index (χ3n) is 3.35. The monoisotopic (exact) mass is 274 g/mol. The first-order valence-corrected chi connectivity index (χ1v) is 6.60. The topological polar surface area (TPSA) is 43.1 Å². The molecule has 1 saturated heterocycles. The van der Waals surface area contributed by atoms with Crippen LogP contribution >= 0.6 is 0 Å². The van der Waals surface area contributed by atoms with Gasteiger partial charge in [-0.15, -0.1) is 0 Å². The van der Waals surface area contributed by atoms with Gasteiger partial charge >= 0.3 is 11.9 Å². The SMILES string of the molecule is [C-]#[N+]C(Cc1ccc(OC)cc1)C(=O)N1CCOCC1. The van der Waals surface area contributed by atoms with Gasteiger partial charge in [-0.05, 0) is 17.7 Å². The van der Waals surface area contributed by atoms with E-state index in [1.165, 1.54) is 0 Å². The number of rotatable bonds is 4. The minimum absolute atomic E-state index is 0.0980. The van der Waals surface area contributed by atoms with E-state index in [1.807, 2.05) is 24.3 Å². The van der Waals surface area contributed by atoms with E-state index in [-0.39, 0.29) is 5.91 Å². The number of carbonyl (C=O) groups is 1. The van der Waals surface area contributed by atoms with Crippen LogP contribution in [0.15, 0.2) is 24.3 Å². The van der Waals surface area contributed by atoms with Gasteiger partial charge in [0.2, 0.25) is 0 Å². The molecule has 1 aromatic carbocycles. The van der Waals surface area contributed by atoms with Crippen LogP contribution in [0, 0.1) is 6.57 Å². The second-order valence-electron chi connectivity index (χ2n) is 4.63. The lowest BCUT2D eigenvalue weighted by Gasteiger charge is -2.26. The zero-order chi connectivity index (χ0) is 14.4. The molecule has 1 aromatic rings. The predicted octanol–water partition coefficient (Wildman–Crippen LogP) is 1.38. The highest BCUT2D eigenvalue weighted by molar-refractivity contribution is 5.84. The Bertz CT molecular complexity index is 487. The molecule has 1 amide bonds. The predicted molar refractivity (Wildman–Crippen MR) is 74.5 cm³/mol. The Kier molecular flexibility index (Phi) is 4.97. The first kappa shape index (κ1) is 14.4. The van der Waals surface area contributed by atoms with Crippen LogP contribution in [0.5, 0.6) is 5.75 Å². The average molecular weight is 274 g/mol. The molecule has 0 spiro atoms. The van der Waals surface area contributed by atoms with Gasteiger partial charge in [0.1, 0.15) is 5.75 Å². The third kappa shape index (κ3) is 3.49. The fourth-order valence-electron chi connectivity index (χ4n) is 2.17. The van der Waals surface area contributed by atoms with Crippen molar-refractivity contribution >= 4 is 5.91 Å². The lowest BCUT2D eigenvalue weighted by atomic mass is 10.0. The van der Waals surface area contributed by atoms with Crippen molar-refractivity contribution in [3.8, 4) is 5.75 Å². The Labute approximate surface area is 118 Å². The highest BCUT2D eigenvalue weighted by Gasteiger charge is 2.30. The average Bonchev–Trinajstić information content (AvgIpc) is 2.53. The van der Waals surface area contributed by atoms with E-state index in [9.17, 15) is 4.79 Å². The lowest BCUT2D eigenvalue weighted by Crippen LogP contribution is -2.45. The molecule has 1 aliphatic rings. The van der Waals surface area contributed by atoms with Crippen molar-refractivity contribution in [1.29, 1.82) is 0 Å². The number of carbonyl (C=O) groups excluding carboxylic acids is 1. The molecule has 0 N–H and O–H groups in total. The highest BCUT2D eigenvalue weighted by Crippen LogP contribution is 2.15. The van der Waals surface area contributed by atoms with Crippen LogP contribution in [0.1, 0.15) is 5.56 Å². The molecule has 0 saturated carbocycles. The molecule has 5 nitrogen and oxygen atoms in total. The number of hydrogen-bond acceptors (Lipinski definition) is 3. The summed E-state index contributed by atoms with van der Waals surface area (Å²) in [5, 5.41) is 0. The molecule has 0 aliphatic carbocycles. The Morgan fingerprint density at radius 1 is 1.40 bits per heavy atom. The van der Waals surface area contributed by atoms with Crippen molar-refractivity contribution in [1.82, 2.24) is 4.90 Å². The van der Waals surface area contributed by atoms with Gasteiger partial charge in [0.05, 0.1) is 26.7 Å². The van der Waals surface area contributed by atoms with E-state index in [0.29, 0.717) is 32.7 Å². The van der Waals surface area contributed by atoms with Crippen LogP contribution in [-0.4, -0.2) is 50.3 Å². The van der Waals surface area contributed by atoms with E-state index in [4.69, 9.17) is 16.0 Å². The Balaban J connectivity index is 2.00. The molecule has 1 unspecified atom stereocenters. The Morgan fingerprint density at radius 3 is 2.60 bits per heavy atom. The summed E-state index contributed by atoms with van der Waals surface area (Å²) in [6.07, 6.45) is 0.434. The lowest BCUT2D eigenvalue weighted by molar-refractivity contribution is -0.135. The number of hydrogen-bond donors (Lipinski definition) is 0. The summed E-state index contributed by atoms with van der Waals surface area (Å²) in [4.78, 5) is 17.5. The van der Waals surface area contributed by atoms with Gasteiger partial charge in [0, 0.05) is 13.1 Å². The number of ether oxygens (including phenoxy) is 2. The molecule has 1 heterocycles. The summed E-state index contributed by atoms with van der Waals surface area (Å²) < 4.78 is 10.3. The maximum atomic E-state index is 12.3. The molecule has 106 valence electrons. The summed E-state index contributed by atoms with van der Waals surface area (Å²) in [5.74, 6) is 0.673. The van der Waals surface area contributed by atoms with Gasteiger partial charge in [0.25, 0.3) is 0 Å². The van der Waals surface area contributed by atoms with Crippen molar-refractivity contribution < 1.29 is 14.3 Å². The van der Waals surface area contributed by atoms with Gasteiger partial charge in [0.15, 0.2) is 0 Å². The van der Waals surface area contributed by atoms with E-state index in [0.717, 1.165) is 11.3 Å². The van der Waals surface area contributed by atoms with Crippen molar-refractivity contribution in [2.75, 3.05) is 33.4 Å². The van der Waals surface area contributed by atoms with Gasteiger partial charge in [-0.25, -0.2) is 6.57 Å². The fraction of sp³-hybridized carbons (Fsp3) is 0.467. The Morgan fingerprint density at radius 2 is 2.05 bits per heavy atom. The van der Waals surface area contributed by atoms with E-state index in [1.54, 1.807) is 12.0 Å². The summed E-state index contributed by atoms with van der Waals surface area (Å²) in [6.45, 7) is 9.52. The van der Waals surface area contributed by atoms with Crippen molar-refractivity contribution in [3.63, 3.8) is 0 Å². The van der Waals surface area contributed by atoms with Crippen molar-refractivity contribution in [3.05, 3.63) is 41.2 Å². The number of nitrogens with zero attached hydrogens (tertiary/aromatic N) is 2. The molecule has 1 atom stereocenters. The van der Waals surface area contributed by atoms with Crippen molar-refractivity contribution in [2.24, 2.45) is 0 Å². The molecule has 5 heteroatoms. The molecule has 1 aliphatic heterocycles. The first-order valence-electron chi connectivity index (χ1n) is 6.60. The number of amides is 1. The zero-order valence-electron chi connectivity index (χ0n) is 11.5. The second kappa shape index (κ2) is 6.92. The van der Waals surface area contributed by atoms with Crippen LogP contribution in [0.4, 0.5) is 0 Å². The second-order valence-corrected chi connectivity index (χ2v) is 4.63. The number of benzene rings is 1. The van der Waals surface area contributed by atoms with Crippen LogP contribution < -0.4 is 4.74 Å². The van der Waals surface area contributed by atoms with Gasteiger partial charge < -0.3 is 19.2 Å². The Hall–Kier alpha value is -2.06. The highest BCUT2D eigenvalue weighted by atomic mass is 16.5. The van der Waals surface area contributed by atoms with Crippen LogP contribution in [0.2, 0.25) is 0 Å². The van der Waals surface area contributed by atoms with Crippen LogP contribution in [0.25, 0.3) is 4.85 Å². The maximum Gasteiger partial charge on any atom is 0.306 e. The summed E-state index contributed by atoms with van der Waals surface area (Å²) >= 11 is 0.